The number of alkyl halides is 17. The van der Waals surface area contributed by atoms with Gasteiger partial charge in [-0.25, -0.2) is 8.42 Å². The van der Waals surface area contributed by atoms with Crippen molar-refractivity contribution in [1.82, 2.24) is 4.47 Å². The van der Waals surface area contributed by atoms with Crippen LogP contribution >= 0.6 is 0 Å². The minimum atomic E-state index is -8.93. The van der Waals surface area contributed by atoms with Gasteiger partial charge in [-0.3, -0.25) is 4.79 Å². The third kappa shape index (κ3) is 5.19. The molecule has 5 nitrogen and oxygen atoms in total. The Kier molecular flexibility index (Phi) is 11.0. The number of sulfonamides is 1. The summed E-state index contributed by atoms with van der Waals surface area (Å²) >= 11 is 0. The quantitative estimate of drug-likeness (QED) is 0.201. The molecule has 24 heteroatoms. The summed E-state index contributed by atoms with van der Waals surface area (Å²) in [5.41, 5.74) is 0. The van der Waals surface area contributed by atoms with Gasteiger partial charge in [-0.2, -0.15) is 74.6 Å². The van der Waals surface area contributed by atoms with Crippen LogP contribution in [0.3, 0.4) is 0 Å². The predicted molar refractivity (Wildman–Crippen MR) is 79.5 cm³/mol. The average molecular weight is 624 g/mol. The van der Waals surface area contributed by atoms with Gasteiger partial charge in [-0.15, -0.1) is 0 Å². The summed E-state index contributed by atoms with van der Waals surface area (Å²) in [5, 5.41) is -7.78. The molecule has 0 fully saturated rings. The van der Waals surface area contributed by atoms with Gasteiger partial charge in [-0.1, -0.05) is 0 Å². The average Bonchev–Trinajstić information content (AvgIpc) is 2.63. The van der Waals surface area contributed by atoms with Crippen LogP contribution in [0.15, 0.2) is 0 Å². The van der Waals surface area contributed by atoms with E-state index < -0.39 is 74.0 Å². The van der Waals surface area contributed by atoms with Crippen LogP contribution in [0.5, 0.6) is 0 Å². The summed E-state index contributed by atoms with van der Waals surface area (Å²) in [6, 6.07) is 0. The van der Waals surface area contributed by atoms with Crippen LogP contribution in [0.25, 0.3) is 0 Å². The fourth-order valence-electron chi connectivity index (χ4n) is 1.87. The van der Waals surface area contributed by atoms with E-state index in [0.717, 1.165) is 0 Å². The van der Waals surface area contributed by atoms with E-state index in [9.17, 15) is 87.8 Å². The maximum absolute atomic E-state index is 13.9. The molecule has 0 bridgehead atoms. The van der Waals surface area contributed by atoms with Gasteiger partial charge >= 0.3 is 63.0 Å². The Labute approximate surface area is 230 Å². The molecule has 0 saturated carbocycles. The van der Waals surface area contributed by atoms with E-state index in [0.29, 0.717) is 6.92 Å². The molecule has 0 atom stereocenters. The fraction of sp³-hybridized carbons (Fsp3) is 0.917. The first-order valence-electron chi connectivity index (χ1n) is 7.80. The smallest absolute Gasteiger partial charge is 0.353 e. The van der Waals surface area contributed by atoms with Crippen molar-refractivity contribution in [2.24, 2.45) is 0 Å². The van der Waals surface area contributed by atoms with E-state index in [1.165, 1.54) is 0 Å². The maximum Gasteiger partial charge on any atom is 0.460 e. The topological polar surface area (TPSA) is 63.7 Å². The summed E-state index contributed by atoms with van der Waals surface area (Å²) in [6.45, 7) is -1.14. The monoisotopic (exact) mass is 624 g/mol. The first-order valence-corrected chi connectivity index (χ1v) is 9.24. The molecule has 1 radical (unpaired) electrons. The molecule has 0 aliphatic carbocycles. The first-order chi connectivity index (χ1) is 14.9. The summed E-state index contributed by atoms with van der Waals surface area (Å²) in [7, 11) is -7.65. The molecule has 0 aromatic heterocycles. The molecular formula is C12H8F17KNO4S. The molecule has 0 unspecified atom stereocenters. The zero-order valence-electron chi connectivity index (χ0n) is 17.1. The Morgan fingerprint density at radius 1 is 0.639 bits per heavy atom. The number of carbonyl (C=O) groups is 1. The summed E-state index contributed by atoms with van der Waals surface area (Å²) in [4.78, 5) is 14.1. The molecule has 0 spiro atoms. The molecule has 0 heterocycles. The standard InChI is InChI=1S/C12H8F17NO4S.K/c1-3-30(34-4(2)31)35(32,33)12(28,29)10(23,24)8(19,20)6(15,16)5(13,14)7(17,18)9(21,22)11(25,26)27;/h3H2,1-2H3;. The maximum atomic E-state index is 13.9. The van der Waals surface area contributed by atoms with Crippen molar-refractivity contribution in [3.05, 3.63) is 0 Å². The molecule has 36 heavy (non-hydrogen) atoms. The van der Waals surface area contributed by atoms with E-state index in [1.54, 1.807) is 0 Å². The van der Waals surface area contributed by atoms with E-state index in [2.05, 4.69) is 4.84 Å². The van der Waals surface area contributed by atoms with Crippen molar-refractivity contribution in [1.29, 1.82) is 0 Å². The minimum Gasteiger partial charge on any atom is -0.353 e. The van der Waals surface area contributed by atoms with Gasteiger partial charge in [0.2, 0.25) is 0 Å². The van der Waals surface area contributed by atoms with Gasteiger partial charge in [0.15, 0.2) is 0 Å². The van der Waals surface area contributed by atoms with Crippen molar-refractivity contribution in [3.8, 4) is 0 Å². The van der Waals surface area contributed by atoms with Crippen molar-refractivity contribution in [3.63, 3.8) is 0 Å². The Morgan fingerprint density at radius 2 is 0.917 bits per heavy atom. The first kappa shape index (κ1) is 38.0. The van der Waals surface area contributed by atoms with Gasteiger partial charge < -0.3 is 4.84 Å². The molecule has 0 saturated heterocycles. The molecule has 0 aliphatic rings. The van der Waals surface area contributed by atoms with Gasteiger partial charge in [0.1, 0.15) is 0 Å². The van der Waals surface area contributed by atoms with Gasteiger partial charge in [0.25, 0.3) is 0 Å². The normalized spacial score (nSPS) is 15.6. The summed E-state index contributed by atoms with van der Waals surface area (Å²) < 4.78 is 245. The minimum absolute atomic E-state index is 0. The van der Waals surface area contributed by atoms with Crippen LogP contribution in [0, 0.1) is 0 Å². The third-order valence-electron chi connectivity index (χ3n) is 3.77. The van der Waals surface area contributed by atoms with Gasteiger partial charge in [0, 0.05) is 64.9 Å². The zero-order chi connectivity index (χ0) is 29.1. The van der Waals surface area contributed by atoms with Crippen molar-refractivity contribution in [2.45, 2.75) is 60.8 Å². The largest absolute Gasteiger partial charge is 0.460 e. The molecule has 0 N–H and O–H groups in total. The molecule has 0 aromatic rings. The molecule has 0 amide bonds. The zero-order valence-corrected chi connectivity index (χ0v) is 21.1. The number of hydrogen-bond donors (Lipinski definition) is 0. The number of carbonyl (C=O) groups excluding carboxylic acids is 1. The van der Waals surface area contributed by atoms with Gasteiger partial charge in [0.05, 0.1) is 0 Å². The summed E-state index contributed by atoms with van der Waals surface area (Å²) in [6.07, 6.45) is -7.91. The van der Waals surface area contributed by atoms with Gasteiger partial charge in [-0.05, 0) is 11.4 Å². The Hall–Kier alpha value is -0.174. The second-order valence-electron chi connectivity index (χ2n) is 6.17. The number of hydroxylamine groups is 1. The second-order valence-corrected chi connectivity index (χ2v) is 8.04. The predicted octanol–water partition coefficient (Wildman–Crippen LogP) is 4.70. The van der Waals surface area contributed by atoms with Crippen LogP contribution in [0.2, 0.25) is 0 Å². The van der Waals surface area contributed by atoms with E-state index in [1.807, 2.05) is 0 Å². The fourth-order valence-corrected chi connectivity index (χ4v) is 3.12. The Balaban J connectivity index is 0. The SMILES string of the molecule is CCN(OC(C)=O)S(=O)(=O)C(F)(F)C(F)(F)C(F)(F)C(F)(F)C(F)(F)C(F)(F)C(F)(F)C(F)(F)F.[K]. The molecule has 0 aliphatic heterocycles. The van der Waals surface area contributed by atoms with Crippen LogP contribution in [0.4, 0.5) is 74.6 Å². The van der Waals surface area contributed by atoms with Crippen molar-refractivity contribution < 1.29 is 92.7 Å². The van der Waals surface area contributed by atoms with E-state index in [4.69, 9.17) is 0 Å². The number of nitrogens with zero attached hydrogens (tertiary/aromatic N) is 1. The van der Waals surface area contributed by atoms with E-state index >= 15 is 0 Å². The third-order valence-corrected chi connectivity index (χ3v) is 5.55. The second kappa shape index (κ2) is 10.4. The molecule has 211 valence electrons. The number of hydrogen-bond acceptors (Lipinski definition) is 4. The Morgan fingerprint density at radius 3 is 1.17 bits per heavy atom. The van der Waals surface area contributed by atoms with Crippen LogP contribution in [-0.4, -0.2) is 124 Å². The number of rotatable bonds is 10. The Bertz CT molecular complexity index is 917. The van der Waals surface area contributed by atoms with Crippen LogP contribution in [-0.2, 0) is 19.7 Å². The summed E-state index contributed by atoms with van der Waals surface area (Å²) in [5.74, 6) is -54.1. The number of halogens is 17. The van der Waals surface area contributed by atoms with E-state index in [-0.39, 0.29) is 58.3 Å². The molecule has 0 aromatic carbocycles. The van der Waals surface area contributed by atoms with Crippen LogP contribution in [0.1, 0.15) is 13.8 Å². The van der Waals surface area contributed by atoms with Crippen molar-refractivity contribution >= 4 is 67.4 Å². The molecule has 0 rings (SSSR count). The molecular weight excluding hydrogens is 616 g/mol. The van der Waals surface area contributed by atoms with Crippen molar-refractivity contribution in [2.75, 3.05) is 6.54 Å². The van der Waals surface area contributed by atoms with Crippen LogP contribution < -0.4 is 0 Å².